The van der Waals surface area contributed by atoms with E-state index in [4.69, 9.17) is 16.1 Å². The highest BCUT2D eigenvalue weighted by Crippen LogP contribution is 2.26. The fourth-order valence-electron chi connectivity index (χ4n) is 2.37. The Kier molecular flexibility index (Phi) is 4.83. The third-order valence-electron chi connectivity index (χ3n) is 3.55. The maximum absolute atomic E-state index is 12.3. The second kappa shape index (κ2) is 7.41. The zero-order valence-corrected chi connectivity index (χ0v) is 15.7. The van der Waals surface area contributed by atoms with Crippen molar-refractivity contribution in [2.24, 2.45) is 0 Å². The molecule has 1 amide bonds. The van der Waals surface area contributed by atoms with Gasteiger partial charge in [0, 0.05) is 28.6 Å². The van der Waals surface area contributed by atoms with Crippen LogP contribution in [-0.4, -0.2) is 16.0 Å². The van der Waals surface area contributed by atoms with Crippen molar-refractivity contribution in [1.82, 2.24) is 10.1 Å². The van der Waals surface area contributed by atoms with Crippen molar-refractivity contribution in [3.63, 3.8) is 0 Å². The van der Waals surface area contributed by atoms with Gasteiger partial charge in [0.05, 0.1) is 4.88 Å². The maximum Gasteiger partial charge on any atom is 0.279 e. The predicted molar refractivity (Wildman–Crippen MR) is 104 cm³/mol. The Morgan fingerprint density at radius 3 is 2.96 bits per heavy atom. The van der Waals surface area contributed by atoms with Crippen molar-refractivity contribution in [1.29, 1.82) is 0 Å². The number of nitrogens with zero attached hydrogens (tertiary/aromatic N) is 2. The Bertz CT molecular complexity index is 1040. The Balaban J connectivity index is 1.43. The fourth-order valence-corrected chi connectivity index (χ4v) is 4.10. The lowest BCUT2D eigenvalue weighted by Gasteiger charge is -1.99. The van der Waals surface area contributed by atoms with Gasteiger partial charge < -0.3 is 4.52 Å². The number of hydrogen-bond donors (Lipinski definition) is 1. The van der Waals surface area contributed by atoms with Crippen molar-refractivity contribution in [2.75, 3.05) is 5.32 Å². The van der Waals surface area contributed by atoms with Crippen LogP contribution < -0.4 is 5.32 Å². The van der Waals surface area contributed by atoms with E-state index in [1.54, 1.807) is 12.3 Å². The van der Waals surface area contributed by atoms with Crippen molar-refractivity contribution >= 4 is 45.3 Å². The van der Waals surface area contributed by atoms with Crippen LogP contribution in [-0.2, 0) is 6.42 Å². The summed E-state index contributed by atoms with van der Waals surface area (Å²) in [5, 5.41) is 9.75. The molecule has 3 aromatic heterocycles. The van der Waals surface area contributed by atoms with E-state index < -0.39 is 0 Å². The van der Waals surface area contributed by atoms with Crippen LogP contribution >= 0.6 is 34.3 Å². The predicted octanol–water partition coefficient (Wildman–Crippen LogP) is 5.36. The fraction of sp³-hybridized carbons (Fsp3) is 0.0556. The molecule has 3 heterocycles. The molecular weight excluding hydrogens is 390 g/mol. The summed E-state index contributed by atoms with van der Waals surface area (Å²) in [5.41, 5.74) is 1.32. The molecule has 1 N–H and O–H groups in total. The van der Waals surface area contributed by atoms with Gasteiger partial charge in [-0.15, -0.1) is 22.7 Å². The molecule has 0 saturated heterocycles. The number of thiophene rings is 1. The molecule has 130 valence electrons. The number of nitrogens with one attached hydrogen (secondary N) is 1. The van der Waals surface area contributed by atoms with Crippen LogP contribution in [0.25, 0.3) is 10.6 Å². The van der Waals surface area contributed by atoms with Gasteiger partial charge in [-0.05, 0) is 29.1 Å². The van der Waals surface area contributed by atoms with Gasteiger partial charge in [0.25, 0.3) is 5.91 Å². The molecular formula is C18H12ClN3O2S2. The number of thiazole rings is 1. The number of halogens is 1. The molecule has 8 heteroatoms. The number of rotatable bonds is 5. The van der Waals surface area contributed by atoms with Crippen LogP contribution in [0.1, 0.15) is 20.9 Å². The molecule has 0 spiro atoms. The average Bonchev–Trinajstić information content (AvgIpc) is 3.36. The van der Waals surface area contributed by atoms with Crippen LogP contribution in [0.3, 0.4) is 0 Å². The highest BCUT2D eigenvalue weighted by Gasteiger charge is 2.16. The standard InChI is InChI=1S/C18H12ClN3O2S2/c19-12-4-1-3-11(7-12)8-13-10-20-18(26-13)21-17(23)14-9-15(24-22-14)16-5-2-6-25-16/h1-7,9-10H,8H2,(H,20,21,23). The Labute approximate surface area is 162 Å². The van der Waals surface area contributed by atoms with Gasteiger partial charge in [0.15, 0.2) is 16.6 Å². The minimum atomic E-state index is -0.347. The van der Waals surface area contributed by atoms with E-state index in [0.717, 1.165) is 15.3 Å². The third-order valence-corrected chi connectivity index (χ3v) is 5.58. The summed E-state index contributed by atoms with van der Waals surface area (Å²) in [6.45, 7) is 0. The van der Waals surface area contributed by atoms with Gasteiger partial charge in [-0.3, -0.25) is 10.1 Å². The first-order valence-corrected chi connectivity index (χ1v) is 9.76. The van der Waals surface area contributed by atoms with Gasteiger partial charge in [-0.25, -0.2) is 4.98 Å². The van der Waals surface area contributed by atoms with Gasteiger partial charge in [0.1, 0.15) is 0 Å². The van der Waals surface area contributed by atoms with Gasteiger partial charge in [0.2, 0.25) is 0 Å². The first-order chi connectivity index (χ1) is 12.7. The number of benzene rings is 1. The summed E-state index contributed by atoms with van der Waals surface area (Å²) in [4.78, 5) is 18.5. The molecule has 0 bridgehead atoms. The minimum absolute atomic E-state index is 0.222. The summed E-state index contributed by atoms with van der Waals surface area (Å²) in [6, 6.07) is 13.1. The summed E-state index contributed by atoms with van der Waals surface area (Å²) >= 11 is 8.95. The van der Waals surface area contributed by atoms with E-state index >= 15 is 0 Å². The van der Waals surface area contributed by atoms with E-state index in [-0.39, 0.29) is 11.6 Å². The number of hydrogen-bond acceptors (Lipinski definition) is 6. The van der Waals surface area contributed by atoms with Crippen LogP contribution in [0, 0.1) is 0 Å². The summed E-state index contributed by atoms with van der Waals surface area (Å²) in [7, 11) is 0. The molecule has 0 aliphatic rings. The van der Waals surface area contributed by atoms with Gasteiger partial charge in [-0.2, -0.15) is 0 Å². The highest BCUT2D eigenvalue weighted by atomic mass is 35.5. The molecule has 0 atom stereocenters. The molecule has 4 rings (SSSR count). The molecule has 26 heavy (non-hydrogen) atoms. The van der Waals surface area contributed by atoms with Gasteiger partial charge in [-0.1, -0.05) is 35.0 Å². The lowest BCUT2D eigenvalue weighted by Crippen LogP contribution is -2.11. The first-order valence-electron chi connectivity index (χ1n) is 7.68. The average molecular weight is 402 g/mol. The van der Waals surface area contributed by atoms with E-state index in [1.807, 2.05) is 41.8 Å². The third kappa shape index (κ3) is 3.85. The normalized spacial score (nSPS) is 10.8. The van der Waals surface area contributed by atoms with E-state index in [1.165, 1.54) is 22.7 Å². The van der Waals surface area contributed by atoms with Crippen LogP contribution in [0.2, 0.25) is 5.02 Å². The Hall–Kier alpha value is -2.48. The lowest BCUT2D eigenvalue weighted by molar-refractivity contribution is 0.101. The van der Waals surface area contributed by atoms with Crippen molar-refractivity contribution in [3.05, 3.63) is 75.2 Å². The van der Waals surface area contributed by atoms with Crippen LogP contribution in [0.15, 0.2) is 58.6 Å². The number of aromatic nitrogens is 2. The second-order valence-corrected chi connectivity index (χ2v) is 7.95. The number of amides is 1. The van der Waals surface area contributed by atoms with Crippen molar-refractivity contribution in [3.8, 4) is 10.6 Å². The van der Waals surface area contributed by atoms with Crippen molar-refractivity contribution < 1.29 is 9.32 Å². The molecule has 0 radical (unpaired) electrons. The summed E-state index contributed by atoms with van der Waals surface area (Å²) in [6.07, 6.45) is 2.46. The second-order valence-electron chi connectivity index (χ2n) is 5.45. The quantitative estimate of drug-likeness (QED) is 0.489. The SMILES string of the molecule is O=C(Nc1ncc(Cc2cccc(Cl)c2)s1)c1cc(-c2cccs2)on1. The zero-order valence-electron chi connectivity index (χ0n) is 13.3. The Morgan fingerprint density at radius 1 is 1.23 bits per heavy atom. The molecule has 4 aromatic rings. The Morgan fingerprint density at radius 2 is 2.15 bits per heavy atom. The summed E-state index contributed by atoms with van der Waals surface area (Å²) in [5.74, 6) is 0.228. The number of carbonyl (C=O) groups is 1. The molecule has 0 aliphatic heterocycles. The van der Waals surface area contributed by atoms with Crippen LogP contribution in [0.4, 0.5) is 5.13 Å². The van der Waals surface area contributed by atoms with E-state index in [0.29, 0.717) is 22.3 Å². The van der Waals surface area contributed by atoms with Crippen LogP contribution in [0.5, 0.6) is 0 Å². The number of anilines is 1. The largest absolute Gasteiger partial charge is 0.355 e. The minimum Gasteiger partial charge on any atom is -0.355 e. The molecule has 0 saturated carbocycles. The van der Waals surface area contributed by atoms with Crippen molar-refractivity contribution in [2.45, 2.75) is 6.42 Å². The molecule has 0 aliphatic carbocycles. The number of carbonyl (C=O) groups excluding carboxylic acids is 1. The molecule has 1 aromatic carbocycles. The monoisotopic (exact) mass is 401 g/mol. The molecule has 5 nitrogen and oxygen atoms in total. The highest BCUT2D eigenvalue weighted by molar-refractivity contribution is 7.15. The topological polar surface area (TPSA) is 68.0 Å². The zero-order chi connectivity index (χ0) is 17.9. The smallest absolute Gasteiger partial charge is 0.279 e. The summed E-state index contributed by atoms with van der Waals surface area (Å²) < 4.78 is 5.23. The molecule has 0 fully saturated rings. The lowest BCUT2D eigenvalue weighted by atomic mass is 10.1. The maximum atomic E-state index is 12.3. The van der Waals surface area contributed by atoms with Gasteiger partial charge >= 0.3 is 0 Å². The first kappa shape index (κ1) is 17.0. The van der Waals surface area contributed by atoms with E-state index in [2.05, 4.69) is 15.5 Å². The molecule has 0 unspecified atom stereocenters. The van der Waals surface area contributed by atoms with E-state index in [9.17, 15) is 4.79 Å².